The Bertz CT molecular complexity index is 960. The van der Waals surface area contributed by atoms with Crippen molar-refractivity contribution in [2.24, 2.45) is 0 Å². The van der Waals surface area contributed by atoms with E-state index < -0.39 is 11.6 Å². The van der Waals surface area contributed by atoms with Gasteiger partial charge in [0.2, 0.25) is 0 Å². The average molecular weight is 412 g/mol. The van der Waals surface area contributed by atoms with Gasteiger partial charge in [0.05, 0.1) is 19.8 Å². The van der Waals surface area contributed by atoms with Gasteiger partial charge in [-0.05, 0) is 81.2 Å². The summed E-state index contributed by atoms with van der Waals surface area (Å²) in [6.45, 7) is 6.79. The molecule has 2 rings (SSSR count). The fourth-order valence-electron chi connectivity index (χ4n) is 2.93. The second kappa shape index (κ2) is 9.48. The molecule has 1 N–H and O–H groups in total. The van der Waals surface area contributed by atoms with E-state index in [1.807, 2.05) is 26.0 Å². The molecule has 0 saturated carbocycles. The van der Waals surface area contributed by atoms with Crippen molar-refractivity contribution in [2.45, 2.75) is 39.7 Å². The fraction of sp³-hybridized carbons (Fsp3) is 0.333. The van der Waals surface area contributed by atoms with Gasteiger partial charge in [0.15, 0.2) is 11.4 Å². The standard InChI is InChI=1S/C24H28O6/c1-15-7-8-17(13-16(2)22(15)30-24(3,4)23(26)27)9-11-20(25)19-14-18(28-5)10-12-21(19)29-6/h8-14H,7H2,1-6H3,(H,26,27)/b11-9+. The van der Waals surface area contributed by atoms with Crippen molar-refractivity contribution in [1.29, 1.82) is 0 Å². The number of hydrogen-bond donors (Lipinski definition) is 1. The van der Waals surface area contributed by atoms with Gasteiger partial charge in [0, 0.05) is 0 Å². The normalized spacial score (nSPS) is 14.7. The van der Waals surface area contributed by atoms with Gasteiger partial charge in [0.1, 0.15) is 17.3 Å². The quantitative estimate of drug-likeness (QED) is 0.484. The number of ketones is 1. The van der Waals surface area contributed by atoms with E-state index in [0.29, 0.717) is 29.2 Å². The lowest BCUT2D eigenvalue weighted by Gasteiger charge is -2.25. The molecule has 0 fully saturated rings. The first-order chi connectivity index (χ1) is 14.1. The van der Waals surface area contributed by atoms with Crippen molar-refractivity contribution in [1.82, 2.24) is 0 Å². The van der Waals surface area contributed by atoms with Gasteiger partial charge in [-0.1, -0.05) is 12.2 Å². The topological polar surface area (TPSA) is 82.1 Å². The molecule has 6 heteroatoms. The van der Waals surface area contributed by atoms with E-state index in [1.165, 1.54) is 34.1 Å². The Kier molecular flexibility index (Phi) is 7.27. The minimum Gasteiger partial charge on any atom is -0.497 e. The van der Waals surface area contributed by atoms with Crippen LogP contribution in [-0.2, 0) is 9.53 Å². The van der Waals surface area contributed by atoms with Crippen LogP contribution in [0.15, 0.2) is 65.0 Å². The Balaban J connectivity index is 2.26. The van der Waals surface area contributed by atoms with Crippen LogP contribution < -0.4 is 9.47 Å². The number of allylic oxidation sites excluding steroid dienone is 7. The molecule has 0 amide bonds. The first-order valence-electron chi connectivity index (χ1n) is 9.54. The highest BCUT2D eigenvalue weighted by atomic mass is 16.5. The molecule has 160 valence electrons. The number of hydrogen-bond acceptors (Lipinski definition) is 5. The van der Waals surface area contributed by atoms with Crippen molar-refractivity contribution in [2.75, 3.05) is 14.2 Å². The smallest absolute Gasteiger partial charge is 0.347 e. The van der Waals surface area contributed by atoms with Crippen LogP contribution in [0.25, 0.3) is 0 Å². The van der Waals surface area contributed by atoms with Crippen molar-refractivity contribution >= 4 is 11.8 Å². The van der Waals surface area contributed by atoms with E-state index in [1.54, 1.807) is 24.3 Å². The zero-order valence-electron chi connectivity index (χ0n) is 18.2. The van der Waals surface area contributed by atoms with Crippen LogP contribution in [0.4, 0.5) is 0 Å². The maximum Gasteiger partial charge on any atom is 0.347 e. The second-order valence-corrected chi connectivity index (χ2v) is 7.53. The van der Waals surface area contributed by atoms with E-state index in [4.69, 9.17) is 14.2 Å². The molecule has 1 aliphatic rings. The monoisotopic (exact) mass is 412 g/mol. The molecule has 6 nitrogen and oxygen atoms in total. The molecule has 0 aliphatic heterocycles. The van der Waals surface area contributed by atoms with Gasteiger partial charge in [0.25, 0.3) is 0 Å². The maximum atomic E-state index is 12.7. The van der Waals surface area contributed by atoms with Crippen LogP contribution in [0.1, 0.15) is 44.5 Å². The van der Waals surface area contributed by atoms with E-state index in [9.17, 15) is 14.7 Å². The Morgan fingerprint density at radius 3 is 2.43 bits per heavy atom. The van der Waals surface area contributed by atoms with Gasteiger partial charge >= 0.3 is 5.97 Å². The molecule has 0 atom stereocenters. The summed E-state index contributed by atoms with van der Waals surface area (Å²) in [7, 11) is 3.05. The molecule has 0 aromatic heterocycles. The van der Waals surface area contributed by atoms with Gasteiger partial charge < -0.3 is 19.3 Å². The summed E-state index contributed by atoms with van der Waals surface area (Å²) >= 11 is 0. The lowest BCUT2D eigenvalue weighted by Crippen LogP contribution is -2.34. The van der Waals surface area contributed by atoms with E-state index >= 15 is 0 Å². The molecule has 0 bridgehead atoms. The molecule has 0 radical (unpaired) electrons. The summed E-state index contributed by atoms with van der Waals surface area (Å²) < 4.78 is 16.3. The Morgan fingerprint density at radius 1 is 1.13 bits per heavy atom. The first-order valence-corrected chi connectivity index (χ1v) is 9.54. The third kappa shape index (κ3) is 5.41. The van der Waals surface area contributed by atoms with Crippen molar-refractivity contribution in [3.05, 3.63) is 70.5 Å². The lowest BCUT2D eigenvalue weighted by atomic mass is 10.1. The molecule has 0 heterocycles. The third-order valence-electron chi connectivity index (χ3n) is 4.74. The number of methoxy groups -OCH3 is 2. The zero-order valence-corrected chi connectivity index (χ0v) is 18.2. The Labute approximate surface area is 177 Å². The van der Waals surface area contributed by atoms with Crippen LogP contribution in [0.5, 0.6) is 11.5 Å². The summed E-state index contributed by atoms with van der Waals surface area (Å²) in [5, 5.41) is 9.35. The maximum absolute atomic E-state index is 12.7. The van der Waals surface area contributed by atoms with Crippen LogP contribution in [0, 0.1) is 0 Å². The van der Waals surface area contributed by atoms with E-state index in [-0.39, 0.29) is 5.78 Å². The highest BCUT2D eigenvalue weighted by Crippen LogP contribution is 2.29. The number of carboxylic acid groups (broad SMARTS) is 1. The average Bonchev–Trinajstić information content (AvgIpc) is 2.84. The molecule has 30 heavy (non-hydrogen) atoms. The number of ether oxygens (including phenoxy) is 3. The molecule has 1 aliphatic carbocycles. The second-order valence-electron chi connectivity index (χ2n) is 7.53. The van der Waals surface area contributed by atoms with Crippen molar-refractivity contribution in [3.63, 3.8) is 0 Å². The number of aliphatic carboxylic acids is 1. The number of carboxylic acids is 1. The van der Waals surface area contributed by atoms with E-state index in [2.05, 4.69) is 0 Å². The van der Waals surface area contributed by atoms with Gasteiger partial charge in [-0.15, -0.1) is 0 Å². The molecular formula is C24H28O6. The van der Waals surface area contributed by atoms with E-state index in [0.717, 1.165) is 16.7 Å². The largest absolute Gasteiger partial charge is 0.497 e. The Hall–Kier alpha value is -3.28. The SMILES string of the molecule is COc1ccc(OC)c(C(=O)/C=C/C2=CCC(C)=C(OC(C)(C)C(=O)O)C(C)=C2)c1. The fourth-order valence-corrected chi connectivity index (χ4v) is 2.93. The molecule has 0 saturated heterocycles. The number of carbonyl (C=O) groups excluding carboxylic acids is 1. The summed E-state index contributed by atoms with van der Waals surface area (Å²) in [4.78, 5) is 24.1. The number of rotatable bonds is 8. The van der Waals surface area contributed by atoms with Crippen molar-refractivity contribution < 1.29 is 28.9 Å². The zero-order chi connectivity index (χ0) is 22.5. The van der Waals surface area contributed by atoms with Crippen LogP contribution in [0.3, 0.4) is 0 Å². The molecular weight excluding hydrogens is 384 g/mol. The van der Waals surface area contributed by atoms with Crippen molar-refractivity contribution in [3.8, 4) is 11.5 Å². The van der Waals surface area contributed by atoms with Crippen LogP contribution in [0.2, 0.25) is 0 Å². The summed E-state index contributed by atoms with van der Waals surface area (Å²) in [5.41, 5.74) is 1.60. The van der Waals surface area contributed by atoms with Gasteiger partial charge in [-0.3, -0.25) is 4.79 Å². The highest BCUT2D eigenvalue weighted by Gasteiger charge is 2.31. The predicted molar refractivity (Wildman–Crippen MR) is 115 cm³/mol. The molecule has 1 aromatic carbocycles. The van der Waals surface area contributed by atoms with Gasteiger partial charge in [-0.25, -0.2) is 4.79 Å². The summed E-state index contributed by atoms with van der Waals surface area (Å²) in [5.74, 6) is 0.347. The minimum absolute atomic E-state index is 0.213. The first kappa shape index (κ1) is 23.0. The predicted octanol–water partition coefficient (Wildman–Crippen LogP) is 4.87. The summed E-state index contributed by atoms with van der Waals surface area (Å²) in [6.07, 6.45) is 7.62. The summed E-state index contributed by atoms with van der Waals surface area (Å²) in [6, 6.07) is 5.06. The van der Waals surface area contributed by atoms with Crippen LogP contribution >= 0.6 is 0 Å². The third-order valence-corrected chi connectivity index (χ3v) is 4.74. The minimum atomic E-state index is -1.34. The van der Waals surface area contributed by atoms with Gasteiger partial charge in [-0.2, -0.15) is 0 Å². The number of carbonyl (C=O) groups is 2. The molecule has 0 unspecified atom stereocenters. The number of benzene rings is 1. The highest BCUT2D eigenvalue weighted by molar-refractivity contribution is 6.07. The lowest BCUT2D eigenvalue weighted by molar-refractivity contribution is -0.156. The molecule has 0 spiro atoms. The van der Waals surface area contributed by atoms with Crippen LogP contribution in [-0.4, -0.2) is 36.7 Å². The molecule has 1 aromatic rings. The Morgan fingerprint density at radius 2 is 1.83 bits per heavy atom.